The van der Waals surface area contributed by atoms with Crippen LogP contribution in [-0.2, 0) is 4.74 Å². The van der Waals surface area contributed by atoms with E-state index in [-0.39, 0.29) is 5.91 Å². The number of nitrogens with one attached hydrogen (secondary N) is 2. The van der Waals surface area contributed by atoms with Crippen molar-refractivity contribution in [3.8, 4) is 5.75 Å². The number of carbonyl (C=O) groups excluding carboxylic acids is 1. The zero-order valence-electron chi connectivity index (χ0n) is 12.3. The van der Waals surface area contributed by atoms with E-state index < -0.39 is 0 Å². The van der Waals surface area contributed by atoms with E-state index in [4.69, 9.17) is 9.47 Å². The second-order valence-electron chi connectivity index (χ2n) is 4.25. The molecule has 0 aliphatic heterocycles. The van der Waals surface area contributed by atoms with E-state index in [9.17, 15) is 4.79 Å². The fourth-order valence-corrected chi connectivity index (χ4v) is 1.70. The van der Waals surface area contributed by atoms with Crippen LogP contribution in [-0.4, -0.2) is 45.9 Å². The summed E-state index contributed by atoms with van der Waals surface area (Å²) in [6.07, 6.45) is 0.898. The van der Waals surface area contributed by atoms with Gasteiger partial charge in [-0.15, -0.1) is 0 Å². The van der Waals surface area contributed by atoms with Crippen LogP contribution in [0.1, 0.15) is 23.7 Å². The normalized spacial score (nSPS) is 10.3. The number of para-hydroxylation sites is 1. The Morgan fingerprint density at radius 2 is 2.00 bits per heavy atom. The second kappa shape index (κ2) is 10.2. The first kappa shape index (κ1) is 16.5. The van der Waals surface area contributed by atoms with E-state index in [1.165, 1.54) is 0 Å². The SMILES string of the molecule is CCOCCOc1ccccc1C(=O)NCCCNC. The molecular formula is C15H24N2O3. The minimum atomic E-state index is -0.104. The average molecular weight is 280 g/mol. The number of benzene rings is 1. The molecule has 1 rings (SSSR count). The van der Waals surface area contributed by atoms with E-state index in [1.54, 1.807) is 12.1 Å². The Morgan fingerprint density at radius 1 is 1.20 bits per heavy atom. The minimum Gasteiger partial charge on any atom is -0.490 e. The summed E-state index contributed by atoms with van der Waals surface area (Å²) in [7, 11) is 1.89. The van der Waals surface area contributed by atoms with Crippen LogP contribution in [0.25, 0.3) is 0 Å². The average Bonchev–Trinajstić information content (AvgIpc) is 2.48. The number of carbonyl (C=O) groups is 1. The summed E-state index contributed by atoms with van der Waals surface area (Å²) in [5.74, 6) is 0.492. The number of amides is 1. The molecule has 0 fully saturated rings. The van der Waals surface area contributed by atoms with Gasteiger partial charge in [0, 0.05) is 13.2 Å². The van der Waals surface area contributed by atoms with E-state index in [1.807, 2.05) is 26.1 Å². The highest BCUT2D eigenvalue weighted by Crippen LogP contribution is 2.17. The lowest BCUT2D eigenvalue weighted by Crippen LogP contribution is -2.27. The van der Waals surface area contributed by atoms with E-state index in [2.05, 4.69) is 10.6 Å². The molecule has 0 aliphatic carbocycles. The number of hydrogen-bond acceptors (Lipinski definition) is 4. The van der Waals surface area contributed by atoms with Gasteiger partial charge in [-0.1, -0.05) is 12.1 Å². The highest BCUT2D eigenvalue weighted by molar-refractivity contribution is 5.96. The third-order valence-electron chi connectivity index (χ3n) is 2.71. The third-order valence-corrected chi connectivity index (χ3v) is 2.71. The highest BCUT2D eigenvalue weighted by Gasteiger charge is 2.11. The molecule has 0 atom stereocenters. The van der Waals surface area contributed by atoms with Crippen LogP contribution in [0.4, 0.5) is 0 Å². The van der Waals surface area contributed by atoms with Gasteiger partial charge in [0.05, 0.1) is 12.2 Å². The summed E-state index contributed by atoms with van der Waals surface area (Å²) in [6.45, 7) is 5.09. The van der Waals surface area contributed by atoms with Gasteiger partial charge in [0.25, 0.3) is 5.91 Å². The van der Waals surface area contributed by atoms with Crippen molar-refractivity contribution < 1.29 is 14.3 Å². The lowest BCUT2D eigenvalue weighted by Gasteiger charge is -2.11. The molecule has 0 radical (unpaired) electrons. The Hall–Kier alpha value is -1.59. The van der Waals surface area contributed by atoms with Crippen LogP contribution in [0.2, 0.25) is 0 Å². The quantitative estimate of drug-likeness (QED) is 0.637. The summed E-state index contributed by atoms with van der Waals surface area (Å²) in [6, 6.07) is 7.25. The summed E-state index contributed by atoms with van der Waals surface area (Å²) < 4.78 is 10.8. The van der Waals surface area contributed by atoms with Crippen LogP contribution in [0.5, 0.6) is 5.75 Å². The topological polar surface area (TPSA) is 59.6 Å². The zero-order chi connectivity index (χ0) is 14.6. The van der Waals surface area contributed by atoms with E-state index in [0.717, 1.165) is 13.0 Å². The minimum absolute atomic E-state index is 0.104. The molecule has 0 saturated carbocycles. The van der Waals surface area contributed by atoms with Gasteiger partial charge in [0.15, 0.2) is 0 Å². The van der Waals surface area contributed by atoms with Crippen molar-refractivity contribution in [3.05, 3.63) is 29.8 Å². The zero-order valence-corrected chi connectivity index (χ0v) is 12.3. The molecule has 1 aromatic carbocycles. The molecule has 0 heterocycles. The number of hydrogen-bond donors (Lipinski definition) is 2. The predicted molar refractivity (Wildman–Crippen MR) is 79.3 cm³/mol. The monoisotopic (exact) mass is 280 g/mol. The maximum Gasteiger partial charge on any atom is 0.255 e. The summed E-state index contributed by atoms with van der Waals surface area (Å²) in [4.78, 5) is 12.1. The van der Waals surface area contributed by atoms with Gasteiger partial charge in [-0.25, -0.2) is 0 Å². The van der Waals surface area contributed by atoms with Crippen LogP contribution < -0.4 is 15.4 Å². The molecule has 1 amide bonds. The number of ether oxygens (including phenoxy) is 2. The predicted octanol–water partition coefficient (Wildman–Crippen LogP) is 1.44. The molecule has 5 heteroatoms. The first-order valence-corrected chi connectivity index (χ1v) is 7.02. The molecule has 2 N–H and O–H groups in total. The summed E-state index contributed by atoms with van der Waals surface area (Å²) in [5, 5.41) is 5.93. The Balaban J connectivity index is 2.48. The van der Waals surface area contributed by atoms with Crippen LogP contribution in [0.3, 0.4) is 0 Å². The van der Waals surface area contributed by atoms with Crippen molar-refractivity contribution in [1.29, 1.82) is 0 Å². The molecule has 5 nitrogen and oxygen atoms in total. The Bertz CT molecular complexity index is 396. The summed E-state index contributed by atoms with van der Waals surface area (Å²) in [5.41, 5.74) is 0.563. The second-order valence-corrected chi connectivity index (χ2v) is 4.25. The molecule has 0 spiro atoms. The van der Waals surface area contributed by atoms with Gasteiger partial charge in [0.2, 0.25) is 0 Å². The van der Waals surface area contributed by atoms with Gasteiger partial charge >= 0.3 is 0 Å². The largest absolute Gasteiger partial charge is 0.490 e. The summed E-state index contributed by atoms with van der Waals surface area (Å²) >= 11 is 0. The maximum absolute atomic E-state index is 12.1. The van der Waals surface area contributed by atoms with Gasteiger partial charge in [-0.05, 0) is 39.1 Å². The number of rotatable bonds is 10. The van der Waals surface area contributed by atoms with Gasteiger partial charge in [-0.2, -0.15) is 0 Å². The van der Waals surface area contributed by atoms with Crippen LogP contribution in [0, 0.1) is 0 Å². The van der Waals surface area contributed by atoms with E-state index in [0.29, 0.717) is 37.7 Å². The first-order valence-electron chi connectivity index (χ1n) is 7.02. The Morgan fingerprint density at radius 3 is 2.75 bits per heavy atom. The van der Waals surface area contributed by atoms with Crippen molar-refractivity contribution in [2.75, 3.05) is 40.0 Å². The Kier molecular flexibility index (Phi) is 8.42. The highest BCUT2D eigenvalue weighted by atomic mass is 16.5. The lowest BCUT2D eigenvalue weighted by atomic mass is 10.2. The smallest absolute Gasteiger partial charge is 0.255 e. The molecular weight excluding hydrogens is 256 g/mol. The molecule has 0 aliphatic rings. The van der Waals surface area contributed by atoms with Gasteiger partial charge in [0.1, 0.15) is 12.4 Å². The van der Waals surface area contributed by atoms with Crippen LogP contribution >= 0.6 is 0 Å². The molecule has 112 valence electrons. The van der Waals surface area contributed by atoms with Gasteiger partial charge < -0.3 is 20.1 Å². The molecule has 0 unspecified atom stereocenters. The molecule has 0 saturated heterocycles. The maximum atomic E-state index is 12.1. The molecule has 1 aromatic rings. The van der Waals surface area contributed by atoms with Crippen molar-refractivity contribution in [3.63, 3.8) is 0 Å². The first-order chi connectivity index (χ1) is 9.79. The fraction of sp³-hybridized carbons (Fsp3) is 0.533. The van der Waals surface area contributed by atoms with Crippen LogP contribution in [0.15, 0.2) is 24.3 Å². The fourth-order valence-electron chi connectivity index (χ4n) is 1.70. The third kappa shape index (κ3) is 6.04. The molecule has 20 heavy (non-hydrogen) atoms. The van der Waals surface area contributed by atoms with Crippen molar-refractivity contribution >= 4 is 5.91 Å². The van der Waals surface area contributed by atoms with Crippen molar-refractivity contribution in [2.24, 2.45) is 0 Å². The molecule has 0 aromatic heterocycles. The van der Waals surface area contributed by atoms with E-state index >= 15 is 0 Å². The van der Waals surface area contributed by atoms with Gasteiger partial charge in [-0.3, -0.25) is 4.79 Å². The van der Waals surface area contributed by atoms with Crippen molar-refractivity contribution in [1.82, 2.24) is 10.6 Å². The van der Waals surface area contributed by atoms with Crippen molar-refractivity contribution in [2.45, 2.75) is 13.3 Å². The Labute approximate surface area is 120 Å². The molecule has 0 bridgehead atoms. The standard InChI is InChI=1S/C15H24N2O3/c1-3-19-11-12-20-14-8-5-4-7-13(14)15(18)17-10-6-9-16-2/h4-5,7-8,16H,3,6,9-12H2,1-2H3,(H,17,18). The lowest BCUT2D eigenvalue weighted by molar-refractivity contribution is 0.0936.